The van der Waals surface area contributed by atoms with Crippen LogP contribution in [0, 0.1) is 0 Å². The smallest absolute Gasteiger partial charge is 0.120 e. The molecule has 0 bridgehead atoms. The van der Waals surface area contributed by atoms with Gasteiger partial charge in [0.2, 0.25) is 0 Å². The van der Waals surface area contributed by atoms with Crippen molar-refractivity contribution in [3.05, 3.63) is 28.7 Å². The van der Waals surface area contributed by atoms with Crippen molar-refractivity contribution in [1.82, 2.24) is 10.2 Å². The minimum Gasteiger partial charge on any atom is -0.492 e. The Hall–Kier alpha value is -0.580. The van der Waals surface area contributed by atoms with Gasteiger partial charge in [0.05, 0.1) is 0 Å². The molecule has 20 heavy (non-hydrogen) atoms. The first-order chi connectivity index (χ1) is 9.69. The average Bonchev–Trinajstić information content (AvgIpc) is 2.43. The molecule has 0 aliphatic carbocycles. The first-order valence-electron chi connectivity index (χ1n) is 7.55. The van der Waals surface area contributed by atoms with Crippen LogP contribution >= 0.6 is 15.9 Å². The van der Waals surface area contributed by atoms with Gasteiger partial charge in [0.25, 0.3) is 0 Å². The molecule has 2 atom stereocenters. The van der Waals surface area contributed by atoms with Crippen molar-refractivity contribution in [2.24, 2.45) is 0 Å². The molecule has 112 valence electrons. The van der Waals surface area contributed by atoms with E-state index in [0.717, 1.165) is 36.5 Å². The molecule has 0 amide bonds. The Bertz CT molecular complexity index is 413. The van der Waals surface area contributed by atoms with E-state index in [2.05, 4.69) is 40.0 Å². The normalized spacial score (nSPS) is 23.8. The molecule has 1 heterocycles. The monoisotopic (exact) mass is 340 g/mol. The highest BCUT2D eigenvalue weighted by molar-refractivity contribution is 9.10. The number of hydrogen-bond donors (Lipinski definition) is 1. The van der Waals surface area contributed by atoms with E-state index in [4.69, 9.17) is 4.74 Å². The molecule has 1 aromatic carbocycles. The fraction of sp³-hybridized carbons (Fsp3) is 0.625. The first-order valence-corrected chi connectivity index (χ1v) is 8.34. The summed E-state index contributed by atoms with van der Waals surface area (Å²) in [6.45, 7) is 8.50. The van der Waals surface area contributed by atoms with Crippen LogP contribution in [0.4, 0.5) is 0 Å². The number of ether oxygens (including phenoxy) is 1. The van der Waals surface area contributed by atoms with Crippen LogP contribution < -0.4 is 10.1 Å². The Morgan fingerprint density at radius 2 is 2.30 bits per heavy atom. The summed E-state index contributed by atoms with van der Waals surface area (Å²) in [5.74, 6) is 0.937. The van der Waals surface area contributed by atoms with Gasteiger partial charge in [-0.3, -0.25) is 4.90 Å². The largest absolute Gasteiger partial charge is 0.492 e. The summed E-state index contributed by atoms with van der Waals surface area (Å²) in [4.78, 5) is 2.54. The summed E-state index contributed by atoms with van der Waals surface area (Å²) in [7, 11) is 0. The van der Waals surface area contributed by atoms with E-state index in [1.807, 2.05) is 24.3 Å². The zero-order valence-corrected chi connectivity index (χ0v) is 14.0. The maximum atomic E-state index is 5.84. The summed E-state index contributed by atoms with van der Waals surface area (Å²) in [5, 5.41) is 3.63. The highest BCUT2D eigenvalue weighted by Gasteiger charge is 2.23. The van der Waals surface area contributed by atoms with Crippen LogP contribution in [0.2, 0.25) is 0 Å². The number of nitrogens with one attached hydrogen (secondary N) is 1. The summed E-state index contributed by atoms with van der Waals surface area (Å²) >= 11 is 3.47. The first kappa shape index (κ1) is 15.8. The van der Waals surface area contributed by atoms with E-state index in [1.165, 1.54) is 12.8 Å². The third kappa shape index (κ3) is 4.76. The van der Waals surface area contributed by atoms with Crippen LogP contribution in [0.3, 0.4) is 0 Å². The summed E-state index contributed by atoms with van der Waals surface area (Å²) in [5.41, 5.74) is 0. The predicted octanol–water partition coefficient (Wildman–Crippen LogP) is 3.29. The van der Waals surface area contributed by atoms with Gasteiger partial charge in [0.1, 0.15) is 12.4 Å². The van der Waals surface area contributed by atoms with Gasteiger partial charge in [-0.2, -0.15) is 0 Å². The quantitative estimate of drug-likeness (QED) is 0.859. The second-order valence-corrected chi connectivity index (χ2v) is 6.46. The Kier molecular flexibility index (Phi) is 6.33. The lowest BCUT2D eigenvalue weighted by Gasteiger charge is -2.38. The number of benzene rings is 1. The van der Waals surface area contributed by atoms with Crippen LogP contribution in [0.5, 0.6) is 5.75 Å². The minimum absolute atomic E-state index is 0.592. The van der Waals surface area contributed by atoms with Gasteiger partial charge in [-0.05, 0) is 31.5 Å². The van der Waals surface area contributed by atoms with Crippen LogP contribution in [0.15, 0.2) is 28.7 Å². The van der Waals surface area contributed by atoms with Crippen molar-refractivity contribution < 1.29 is 4.74 Å². The Morgan fingerprint density at radius 1 is 1.45 bits per heavy atom. The Balaban J connectivity index is 1.77. The molecule has 0 radical (unpaired) electrons. The van der Waals surface area contributed by atoms with Gasteiger partial charge in [-0.25, -0.2) is 0 Å². The highest BCUT2D eigenvalue weighted by Crippen LogP contribution is 2.18. The van der Waals surface area contributed by atoms with Gasteiger partial charge >= 0.3 is 0 Å². The number of hydrogen-bond acceptors (Lipinski definition) is 3. The zero-order valence-electron chi connectivity index (χ0n) is 12.4. The number of piperazine rings is 1. The van der Waals surface area contributed by atoms with E-state index in [9.17, 15) is 0 Å². The molecule has 1 N–H and O–H groups in total. The standard InChI is InChI=1S/C16H25BrN2O/c1-3-5-15-12-19(13(2)11-18-15)8-9-20-16-7-4-6-14(17)10-16/h4,6-7,10,13,15,18H,3,5,8-9,11-12H2,1-2H3. The van der Waals surface area contributed by atoms with Crippen molar-refractivity contribution in [3.8, 4) is 5.75 Å². The predicted molar refractivity (Wildman–Crippen MR) is 87.4 cm³/mol. The third-order valence-electron chi connectivity index (χ3n) is 3.86. The van der Waals surface area contributed by atoms with E-state index in [-0.39, 0.29) is 0 Å². The van der Waals surface area contributed by atoms with Gasteiger partial charge < -0.3 is 10.1 Å². The van der Waals surface area contributed by atoms with E-state index >= 15 is 0 Å². The molecule has 4 heteroatoms. The maximum absolute atomic E-state index is 5.84. The Morgan fingerprint density at radius 3 is 3.05 bits per heavy atom. The fourth-order valence-corrected chi connectivity index (χ4v) is 3.06. The summed E-state index contributed by atoms with van der Waals surface area (Å²) in [6, 6.07) is 9.27. The molecular weight excluding hydrogens is 316 g/mol. The molecular formula is C16H25BrN2O. The van der Waals surface area contributed by atoms with Crippen molar-refractivity contribution >= 4 is 15.9 Å². The van der Waals surface area contributed by atoms with Crippen LogP contribution in [0.1, 0.15) is 26.7 Å². The highest BCUT2D eigenvalue weighted by atomic mass is 79.9. The topological polar surface area (TPSA) is 24.5 Å². The SMILES string of the molecule is CCCC1CN(CCOc2cccc(Br)c2)C(C)CN1. The lowest BCUT2D eigenvalue weighted by molar-refractivity contribution is 0.115. The maximum Gasteiger partial charge on any atom is 0.120 e. The lowest BCUT2D eigenvalue weighted by Crippen LogP contribution is -2.56. The zero-order chi connectivity index (χ0) is 14.4. The third-order valence-corrected chi connectivity index (χ3v) is 4.35. The molecule has 1 aliphatic heterocycles. The molecule has 1 aromatic rings. The van der Waals surface area contributed by atoms with Crippen molar-refractivity contribution in [3.63, 3.8) is 0 Å². The molecule has 1 saturated heterocycles. The van der Waals surface area contributed by atoms with Gasteiger partial charge in [0.15, 0.2) is 0 Å². The minimum atomic E-state index is 0.592. The number of nitrogens with zero attached hydrogens (tertiary/aromatic N) is 1. The molecule has 0 spiro atoms. The van der Waals surface area contributed by atoms with Gasteiger partial charge in [-0.1, -0.05) is 35.3 Å². The number of halogens is 1. The van der Waals surface area contributed by atoms with Crippen molar-refractivity contribution in [2.75, 3.05) is 26.2 Å². The van der Waals surface area contributed by atoms with E-state index < -0.39 is 0 Å². The van der Waals surface area contributed by atoms with E-state index in [1.54, 1.807) is 0 Å². The van der Waals surface area contributed by atoms with Crippen molar-refractivity contribution in [1.29, 1.82) is 0 Å². The van der Waals surface area contributed by atoms with Crippen LogP contribution in [-0.2, 0) is 0 Å². The second kappa shape index (κ2) is 8.01. The lowest BCUT2D eigenvalue weighted by atomic mass is 10.1. The van der Waals surface area contributed by atoms with Crippen LogP contribution in [-0.4, -0.2) is 43.2 Å². The molecule has 0 saturated carbocycles. The average molecular weight is 341 g/mol. The fourth-order valence-electron chi connectivity index (χ4n) is 2.68. The van der Waals surface area contributed by atoms with Gasteiger partial charge in [-0.15, -0.1) is 0 Å². The Labute approximate surface area is 130 Å². The molecule has 0 aromatic heterocycles. The summed E-state index contributed by atoms with van der Waals surface area (Å²) in [6.07, 6.45) is 2.50. The van der Waals surface area contributed by atoms with Crippen molar-refractivity contribution in [2.45, 2.75) is 38.8 Å². The molecule has 2 rings (SSSR count). The second-order valence-electron chi connectivity index (χ2n) is 5.54. The van der Waals surface area contributed by atoms with Gasteiger partial charge in [0, 0.05) is 36.2 Å². The number of rotatable bonds is 6. The molecule has 1 aliphatic rings. The summed E-state index contributed by atoms with van der Waals surface area (Å²) < 4.78 is 6.90. The molecule has 3 nitrogen and oxygen atoms in total. The van der Waals surface area contributed by atoms with E-state index in [0.29, 0.717) is 12.1 Å². The molecule has 2 unspecified atom stereocenters. The van der Waals surface area contributed by atoms with Crippen LogP contribution in [0.25, 0.3) is 0 Å². The molecule has 1 fully saturated rings.